The van der Waals surface area contributed by atoms with Crippen LogP contribution in [0.5, 0.6) is 5.75 Å². The minimum Gasteiger partial charge on any atom is -0.506 e. The van der Waals surface area contributed by atoms with Gasteiger partial charge in [0.15, 0.2) is 0 Å². The zero-order chi connectivity index (χ0) is 13.2. The van der Waals surface area contributed by atoms with Crippen molar-refractivity contribution in [1.82, 2.24) is 20.1 Å². The van der Waals surface area contributed by atoms with Gasteiger partial charge in [-0.05, 0) is 24.3 Å². The molecule has 0 bridgehead atoms. The van der Waals surface area contributed by atoms with Crippen LogP contribution in [0.4, 0.5) is 5.69 Å². The zero-order valence-corrected chi connectivity index (χ0v) is 9.69. The molecule has 1 aromatic carbocycles. The van der Waals surface area contributed by atoms with Crippen LogP contribution in [0.1, 0.15) is 0 Å². The number of aromatic hydroxyl groups is 1. The molecule has 7 nitrogen and oxygen atoms in total. The van der Waals surface area contributed by atoms with E-state index < -0.39 is 0 Å². The minimum atomic E-state index is -0.0284. The van der Waals surface area contributed by atoms with Gasteiger partial charge in [0.25, 0.3) is 5.89 Å². The average Bonchev–Trinajstić information content (AvgIpc) is 2.93. The fourth-order valence-electron chi connectivity index (χ4n) is 1.54. The van der Waals surface area contributed by atoms with Crippen molar-refractivity contribution in [3.63, 3.8) is 0 Å². The number of benzene rings is 1. The van der Waals surface area contributed by atoms with Crippen LogP contribution < -0.4 is 5.73 Å². The summed E-state index contributed by atoms with van der Waals surface area (Å²) in [5.41, 5.74) is 6.96. The van der Waals surface area contributed by atoms with E-state index in [2.05, 4.69) is 20.1 Å². The van der Waals surface area contributed by atoms with Crippen LogP contribution in [0.2, 0.25) is 0 Å². The Morgan fingerprint density at radius 1 is 1.21 bits per heavy atom. The quantitative estimate of drug-likeness (QED) is 0.527. The summed E-state index contributed by atoms with van der Waals surface area (Å²) in [6.45, 7) is 0. The van der Waals surface area contributed by atoms with E-state index in [1.54, 1.807) is 24.4 Å². The topological polar surface area (TPSA) is 111 Å². The van der Waals surface area contributed by atoms with Gasteiger partial charge in [0.1, 0.15) is 17.8 Å². The van der Waals surface area contributed by atoms with E-state index in [-0.39, 0.29) is 11.6 Å². The molecule has 0 fully saturated rings. The Morgan fingerprint density at radius 3 is 2.84 bits per heavy atom. The molecular formula is C12H9N5O2. The predicted molar refractivity (Wildman–Crippen MR) is 66.8 cm³/mol. The Morgan fingerprint density at radius 2 is 2.11 bits per heavy atom. The van der Waals surface area contributed by atoms with Crippen molar-refractivity contribution in [2.45, 2.75) is 0 Å². The highest BCUT2D eigenvalue weighted by Gasteiger charge is 2.12. The first kappa shape index (κ1) is 11.1. The van der Waals surface area contributed by atoms with E-state index in [0.717, 1.165) is 0 Å². The molecule has 0 spiro atoms. The summed E-state index contributed by atoms with van der Waals surface area (Å²) >= 11 is 0. The molecule has 0 unspecified atom stereocenters. The van der Waals surface area contributed by atoms with Crippen molar-refractivity contribution < 1.29 is 9.63 Å². The molecule has 0 aliphatic carbocycles. The summed E-state index contributed by atoms with van der Waals surface area (Å²) < 4.78 is 5.13. The van der Waals surface area contributed by atoms with Gasteiger partial charge in [-0.15, -0.1) is 0 Å². The van der Waals surface area contributed by atoms with Gasteiger partial charge in [0, 0.05) is 11.8 Å². The van der Waals surface area contributed by atoms with Crippen molar-refractivity contribution in [3.05, 3.63) is 36.8 Å². The SMILES string of the molecule is Nc1ccc(-c2nc(-c3ccncn3)no2)cc1O. The van der Waals surface area contributed by atoms with Crippen molar-refractivity contribution in [2.75, 3.05) is 5.73 Å². The van der Waals surface area contributed by atoms with Crippen LogP contribution in [0.3, 0.4) is 0 Å². The van der Waals surface area contributed by atoms with E-state index in [1.165, 1.54) is 12.4 Å². The average molecular weight is 255 g/mol. The maximum atomic E-state index is 9.55. The normalized spacial score (nSPS) is 10.5. The van der Waals surface area contributed by atoms with E-state index in [9.17, 15) is 5.11 Å². The van der Waals surface area contributed by atoms with E-state index in [4.69, 9.17) is 10.3 Å². The lowest BCUT2D eigenvalue weighted by Crippen LogP contribution is -1.87. The largest absolute Gasteiger partial charge is 0.506 e. The number of hydrogen-bond acceptors (Lipinski definition) is 7. The summed E-state index contributed by atoms with van der Waals surface area (Å²) in [6.07, 6.45) is 2.99. The molecule has 94 valence electrons. The second kappa shape index (κ2) is 4.37. The van der Waals surface area contributed by atoms with Crippen LogP contribution in [0.25, 0.3) is 23.0 Å². The number of nitrogens with zero attached hydrogens (tertiary/aromatic N) is 4. The number of hydrogen-bond donors (Lipinski definition) is 2. The van der Waals surface area contributed by atoms with Gasteiger partial charge in [-0.2, -0.15) is 4.98 Å². The van der Waals surface area contributed by atoms with Crippen molar-refractivity contribution in [2.24, 2.45) is 0 Å². The fourth-order valence-corrected chi connectivity index (χ4v) is 1.54. The molecule has 7 heteroatoms. The molecule has 0 amide bonds. The van der Waals surface area contributed by atoms with Crippen molar-refractivity contribution in [1.29, 1.82) is 0 Å². The van der Waals surface area contributed by atoms with Gasteiger partial charge in [0.05, 0.1) is 5.69 Å². The van der Waals surface area contributed by atoms with Gasteiger partial charge in [-0.1, -0.05) is 5.16 Å². The molecule has 19 heavy (non-hydrogen) atoms. The summed E-state index contributed by atoms with van der Waals surface area (Å²) in [4.78, 5) is 12.0. The van der Waals surface area contributed by atoms with E-state index >= 15 is 0 Å². The molecule has 0 radical (unpaired) electrons. The number of aromatic nitrogens is 4. The third kappa shape index (κ3) is 2.08. The summed E-state index contributed by atoms with van der Waals surface area (Å²) in [7, 11) is 0. The number of phenols is 1. The van der Waals surface area contributed by atoms with Gasteiger partial charge < -0.3 is 15.4 Å². The predicted octanol–water partition coefficient (Wildman–Crippen LogP) is 1.48. The lowest BCUT2D eigenvalue weighted by atomic mass is 10.2. The first-order valence-corrected chi connectivity index (χ1v) is 5.43. The van der Waals surface area contributed by atoms with E-state index in [1.807, 2.05) is 0 Å². The maximum Gasteiger partial charge on any atom is 0.258 e. The molecule has 0 saturated heterocycles. The van der Waals surface area contributed by atoms with Crippen molar-refractivity contribution in [3.8, 4) is 28.7 Å². The Hall–Kier alpha value is -2.96. The molecule has 0 aliphatic heterocycles. The number of nitrogen functional groups attached to an aromatic ring is 1. The van der Waals surface area contributed by atoms with Gasteiger partial charge in [-0.3, -0.25) is 0 Å². The van der Waals surface area contributed by atoms with Gasteiger partial charge >= 0.3 is 0 Å². The Balaban J connectivity index is 1.99. The third-order valence-electron chi connectivity index (χ3n) is 2.51. The van der Waals surface area contributed by atoms with Gasteiger partial charge in [0.2, 0.25) is 5.82 Å². The minimum absolute atomic E-state index is 0.0284. The highest BCUT2D eigenvalue weighted by Crippen LogP contribution is 2.27. The number of rotatable bonds is 2. The first-order chi connectivity index (χ1) is 9.24. The molecule has 2 aromatic heterocycles. The molecule has 0 aliphatic rings. The molecule has 0 atom stereocenters. The lowest BCUT2D eigenvalue weighted by Gasteiger charge is -1.99. The Bertz CT molecular complexity index is 711. The summed E-state index contributed by atoms with van der Waals surface area (Å²) in [5.74, 6) is 0.608. The third-order valence-corrected chi connectivity index (χ3v) is 2.51. The zero-order valence-electron chi connectivity index (χ0n) is 9.69. The number of nitrogens with two attached hydrogens (primary N) is 1. The molecule has 3 rings (SSSR count). The monoisotopic (exact) mass is 255 g/mol. The Kier molecular flexibility index (Phi) is 2.57. The van der Waals surface area contributed by atoms with Crippen molar-refractivity contribution >= 4 is 5.69 Å². The number of anilines is 1. The highest BCUT2D eigenvalue weighted by molar-refractivity contribution is 5.65. The Labute approximate surface area is 107 Å². The van der Waals surface area contributed by atoms with Crippen LogP contribution in [0, 0.1) is 0 Å². The highest BCUT2D eigenvalue weighted by atomic mass is 16.5. The standard InChI is InChI=1S/C12H9N5O2/c13-8-2-1-7(5-10(8)18)12-16-11(17-19-12)9-3-4-14-6-15-9/h1-6,18H,13H2. The maximum absolute atomic E-state index is 9.55. The molecule has 0 saturated carbocycles. The molecule has 3 N–H and O–H groups in total. The fraction of sp³-hybridized carbons (Fsp3) is 0. The first-order valence-electron chi connectivity index (χ1n) is 5.43. The van der Waals surface area contributed by atoms with Crippen LogP contribution in [-0.2, 0) is 0 Å². The van der Waals surface area contributed by atoms with Crippen LogP contribution in [0.15, 0.2) is 41.3 Å². The summed E-state index contributed by atoms with van der Waals surface area (Å²) in [6, 6.07) is 6.40. The summed E-state index contributed by atoms with van der Waals surface area (Å²) in [5, 5.41) is 13.4. The second-order valence-electron chi connectivity index (χ2n) is 3.79. The molecule has 3 aromatic rings. The molecule has 2 heterocycles. The smallest absolute Gasteiger partial charge is 0.258 e. The van der Waals surface area contributed by atoms with Crippen LogP contribution >= 0.6 is 0 Å². The molecular weight excluding hydrogens is 246 g/mol. The van der Waals surface area contributed by atoms with Gasteiger partial charge in [-0.25, -0.2) is 9.97 Å². The van der Waals surface area contributed by atoms with E-state index in [0.29, 0.717) is 22.8 Å². The lowest BCUT2D eigenvalue weighted by molar-refractivity contribution is 0.431. The number of phenolic OH excluding ortho intramolecular Hbond substituents is 1. The second-order valence-corrected chi connectivity index (χ2v) is 3.79. The van der Waals surface area contributed by atoms with Crippen LogP contribution in [-0.4, -0.2) is 25.2 Å².